The highest BCUT2D eigenvalue weighted by atomic mass is 32.2. The molecular formula is C12H26N2S. The summed E-state index contributed by atoms with van der Waals surface area (Å²) in [6, 6.07) is 0.514. The molecule has 0 aliphatic heterocycles. The van der Waals surface area contributed by atoms with Crippen molar-refractivity contribution in [2.75, 3.05) is 11.5 Å². The molecule has 1 saturated carbocycles. The average molecular weight is 230 g/mol. The van der Waals surface area contributed by atoms with Gasteiger partial charge in [0.25, 0.3) is 0 Å². The highest BCUT2D eigenvalue weighted by Crippen LogP contribution is 2.35. The Bertz CT molecular complexity index is 165. The van der Waals surface area contributed by atoms with E-state index in [4.69, 9.17) is 5.84 Å². The van der Waals surface area contributed by atoms with E-state index in [1.165, 1.54) is 25.0 Å². The van der Waals surface area contributed by atoms with Crippen molar-refractivity contribution < 1.29 is 0 Å². The lowest BCUT2D eigenvalue weighted by Crippen LogP contribution is -2.45. The van der Waals surface area contributed by atoms with Crippen LogP contribution in [0.15, 0.2) is 0 Å². The lowest BCUT2D eigenvalue weighted by molar-refractivity contribution is 0.185. The van der Waals surface area contributed by atoms with E-state index in [0.717, 1.165) is 23.5 Å². The Morgan fingerprint density at radius 1 is 1.27 bits per heavy atom. The third-order valence-corrected chi connectivity index (χ3v) is 4.50. The van der Waals surface area contributed by atoms with Crippen molar-refractivity contribution in [3.63, 3.8) is 0 Å². The second-order valence-corrected chi connectivity index (χ2v) is 6.43. The van der Waals surface area contributed by atoms with E-state index in [1.807, 2.05) is 11.8 Å². The summed E-state index contributed by atoms with van der Waals surface area (Å²) < 4.78 is 0. The Kier molecular flexibility index (Phi) is 6.02. The maximum atomic E-state index is 5.67. The van der Waals surface area contributed by atoms with Crippen LogP contribution in [-0.4, -0.2) is 17.5 Å². The van der Waals surface area contributed by atoms with Crippen molar-refractivity contribution in [1.82, 2.24) is 5.43 Å². The molecule has 3 atom stereocenters. The molecule has 1 rings (SSSR count). The van der Waals surface area contributed by atoms with E-state index >= 15 is 0 Å². The van der Waals surface area contributed by atoms with Gasteiger partial charge in [0.1, 0.15) is 0 Å². The maximum absolute atomic E-state index is 5.67. The van der Waals surface area contributed by atoms with Crippen LogP contribution < -0.4 is 11.3 Å². The first-order valence-corrected chi connectivity index (χ1v) is 7.36. The zero-order valence-electron chi connectivity index (χ0n) is 10.3. The number of hydrogen-bond donors (Lipinski definition) is 2. The molecule has 0 spiro atoms. The highest BCUT2D eigenvalue weighted by molar-refractivity contribution is 7.99. The van der Waals surface area contributed by atoms with Gasteiger partial charge in [-0.3, -0.25) is 11.3 Å². The van der Waals surface area contributed by atoms with Crippen LogP contribution >= 0.6 is 11.8 Å². The van der Waals surface area contributed by atoms with Gasteiger partial charge in [-0.1, -0.05) is 20.8 Å². The molecule has 3 heteroatoms. The molecule has 0 aromatic carbocycles. The fraction of sp³-hybridized carbons (Fsp3) is 1.00. The minimum atomic E-state index is 0.514. The standard InChI is InChI=1S/C12H26N2S/c1-4-15-8-12(14-13)11-6-9(2)5-10(3)7-11/h9-12,14H,4-8,13H2,1-3H3. The number of nitrogens with one attached hydrogen (secondary N) is 1. The van der Waals surface area contributed by atoms with Crippen LogP contribution in [0.4, 0.5) is 0 Å². The number of thioether (sulfide) groups is 1. The molecule has 0 radical (unpaired) electrons. The molecule has 0 amide bonds. The topological polar surface area (TPSA) is 38.0 Å². The quantitative estimate of drug-likeness (QED) is 0.563. The van der Waals surface area contributed by atoms with Gasteiger partial charge in [0.2, 0.25) is 0 Å². The summed E-state index contributed by atoms with van der Waals surface area (Å²) in [4.78, 5) is 0. The minimum Gasteiger partial charge on any atom is -0.271 e. The predicted molar refractivity (Wildman–Crippen MR) is 69.8 cm³/mol. The highest BCUT2D eigenvalue weighted by Gasteiger charge is 2.29. The first-order chi connectivity index (χ1) is 7.17. The Labute approximate surface area is 98.7 Å². The fourth-order valence-electron chi connectivity index (χ4n) is 2.90. The van der Waals surface area contributed by atoms with Crippen molar-refractivity contribution in [1.29, 1.82) is 0 Å². The summed E-state index contributed by atoms with van der Waals surface area (Å²) in [5, 5.41) is 0. The summed E-state index contributed by atoms with van der Waals surface area (Å²) in [6.07, 6.45) is 4.10. The van der Waals surface area contributed by atoms with Gasteiger partial charge in [-0.2, -0.15) is 11.8 Å². The lowest BCUT2D eigenvalue weighted by atomic mass is 9.74. The van der Waals surface area contributed by atoms with Gasteiger partial charge in [-0.05, 0) is 42.8 Å². The van der Waals surface area contributed by atoms with Gasteiger partial charge in [0, 0.05) is 11.8 Å². The molecule has 0 aromatic heterocycles. The Balaban J connectivity index is 2.43. The zero-order chi connectivity index (χ0) is 11.3. The minimum absolute atomic E-state index is 0.514. The van der Waals surface area contributed by atoms with E-state index < -0.39 is 0 Å². The molecule has 15 heavy (non-hydrogen) atoms. The van der Waals surface area contributed by atoms with Crippen LogP contribution in [0.25, 0.3) is 0 Å². The monoisotopic (exact) mass is 230 g/mol. The average Bonchev–Trinajstić information content (AvgIpc) is 2.17. The third-order valence-electron chi connectivity index (χ3n) is 3.50. The maximum Gasteiger partial charge on any atom is 0.0329 e. The third kappa shape index (κ3) is 4.33. The smallest absolute Gasteiger partial charge is 0.0329 e. The van der Waals surface area contributed by atoms with Crippen molar-refractivity contribution >= 4 is 11.8 Å². The van der Waals surface area contributed by atoms with E-state index in [1.54, 1.807) is 0 Å². The van der Waals surface area contributed by atoms with Crippen molar-refractivity contribution in [3.8, 4) is 0 Å². The van der Waals surface area contributed by atoms with Crippen molar-refractivity contribution in [3.05, 3.63) is 0 Å². The van der Waals surface area contributed by atoms with E-state index in [0.29, 0.717) is 6.04 Å². The van der Waals surface area contributed by atoms with Crippen LogP contribution in [0.2, 0.25) is 0 Å². The van der Waals surface area contributed by atoms with Crippen LogP contribution in [0.3, 0.4) is 0 Å². The molecule has 0 heterocycles. The molecule has 1 aliphatic carbocycles. The first kappa shape index (κ1) is 13.3. The van der Waals surface area contributed by atoms with Gasteiger partial charge >= 0.3 is 0 Å². The number of rotatable bonds is 5. The van der Waals surface area contributed by atoms with Crippen LogP contribution in [0, 0.1) is 17.8 Å². The summed E-state index contributed by atoms with van der Waals surface area (Å²) >= 11 is 1.99. The molecular weight excluding hydrogens is 204 g/mol. The fourth-order valence-corrected chi connectivity index (χ4v) is 3.76. The predicted octanol–water partition coefficient (Wildman–Crippen LogP) is 2.64. The summed E-state index contributed by atoms with van der Waals surface area (Å²) in [6.45, 7) is 6.97. The normalized spacial score (nSPS) is 34.0. The molecule has 0 aromatic rings. The van der Waals surface area contributed by atoms with Gasteiger partial charge < -0.3 is 0 Å². The molecule has 1 aliphatic rings. The molecule has 0 bridgehead atoms. The molecule has 90 valence electrons. The number of nitrogens with two attached hydrogens (primary N) is 1. The van der Waals surface area contributed by atoms with Crippen LogP contribution in [0.1, 0.15) is 40.0 Å². The molecule has 0 saturated heterocycles. The van der Waals surface area contributed by atoms with Crippen molar-refractivity contribution in [2.45, 2.75) is 46.1 Å². The van der Waals surface area contributed by atoms with Crippen molar-refractivity contribution in [2.24, 2.45) is 23.6 Å². The summed E-state index contributed by atoms with van der Waals surface area (Å²) in [5.41, 5.74) is 3.03. The van der Waals surface area contributed by atoms with E-state index in [-0.39, 0.29) is 0 Å². The van der Waals surface area contributed by atoms with Crippen LogP contribution in [-0.2, 0) is 0 Å². The van der Waals surface area contributed by atoms with E-state index in [2.05, 4.69) is 26.2 Å². The lowest BCUT2D eigenvalue weighted by Gasteiger charge is -2.36. The Hall–Kier alpha value is 0.270. The Morgan fingerprint density at radius 2 is 1.87 bits per heavy atom. The molecule has 2 nitrogen and oxygen atoms in total. The van der Waals surface area contributed by atoms with Gasteiger partial charge in [0.05, 0.1) is 0 Å². The number of hydrazine groups is 1. The second kappa shape index (κ2) is 6.77. The van der Waals surface area contributed by atoms with Gasteiger partial charge in [-0.15, -0.1) is 0 Å². The summed E-state index contributed by atoms with van der Waals surface area (Å²) in [7, 11) is 0. The van der Waals surface area contributed by atoms with E-state index in [9.17, 15) is 0 Å². The van der Waals surface area contributed by atoms with Gasteiger partial charge in [0.15, 0.2) is 0 Å². The zero-order valence-corrected chi connectivity index (χ0v) is 11.1. The van der Waals surface area contributed by atoms with Crippen LogP contribution in [0.5, 0.6) is 0 Å². The summed E-state index contributed by atoms with van der Waals surface area (Å²) in [5.74, 6) is 10.6. The Morgan fingerprint density at radius 3 is 2.33 bits per heavy atom. The molecule has 3 unspecified atom stereocenters. The second-order valence-electron chi connectivity index (χ2n) is 5.11. The SMILES string of the molecule is CCSCC(NN)C1CC(C)CC(C)C1. The first-order valence-electron chi connectivity index (χ1n) is 6.21. The van der Waals surface area contributed by atoms with Gasteiger partial charge in [-0.25, -0.2) is 0 Å². The molecule has 3 N–H and O–H groups in total. The number of hydrogen-bond acceptors (Lipinski definition) is 3. The molecule has 1 fully saturated rings. The largest absolute Gasteiger partial charge is 0.271 e.